The zero-order valence-electron chi connectivity index (χ0n) is 20.7. The molecule has 2 aromatic carbocycles. The Kier molecular flexibility index (Phi) is 8.63. The molecule has 2 atom stereocenters. The summed E-state index contributed by atoms with van der Waals surface area (Å²) in [4.78, 5) is 17.5. The van der Waals surface area contributed by atoms with Crippen molar-refractivity contribution >= 4 is 22.9 Å². The fourth-order valence-corrected chi connectivity index (χ4v) is 5.69. The van der Waals surface area contributed by atoms with Crippen LogP contribution in [0.1, 0.15) is 30.4 Å². The number of nitrogens with one attached hydrogen (secondary N) is 1. The van der Waals surface area contributed by atoms with Crippen LogP contribution in [0.5, 0.6) is 11.6 Å². The van der Waals surface area contributed by atoms with Gasteiger partial charge in [0.1, 0.15) is 5.75 Å². The summed E-state index contributed by atoms with van der Waals surface area (Å²) in [7, 11) is -5.62. The van der Waals surface area contributed by atoms with E-state index in [4.69, 9.17) is 4.74 Å². The van der Waals surface area contributed by atoms with Gasteiger partial charge in [0.25, 0.3) is 0 Å². The van der Waals surface area contributed by atoms with Gasteiger partial charge in [-0.1, -0.05) is 55.3 Å². The van der Waals surface area contributed by atoms with Crippen LogP contribution in [0.2, 0.25) is 0 Å². The molecule has 0 spiro atoms. The van der Waals surface area contributed by atoms with Crippen LogP contribution in [0.25, 0.3) is 0 Å². The Morgan fingerprint density at radius 1 is 1.11 bits per heavy atom. The van der Waals surface area contributed by atoms with Crippen molar-refractivity contribution in [1.29, 1.82) is 0 Å². The first-order valence-corrected chi connectivity index (χ1v) is 14.0. The minimum absolute atomic E-state index is 0.0275. The number of carbonyl (C=O) groups is 1. The maximum Gasteiger partial charge on any atom is 0.475 e. The Bertz CT molecular complexity index is 1300. The van der Waals surface area contributed by atoms with Gasteiger partial charge in [-0.2, -0.15) is 0 Å². The number of carbonyl (C=O) groups excluding carboxylic acids is 1. The third-order valence-electron chi connectivity index (χ3n) is 6.36. The van der Waals surface area contributed by atoms with Gasteiger partial charge in [0.15, 0.2) is 9.84 Å². The molecule has 0 radical (unpaired) electrons. The largest absolute Gasteiger partial charge is 0.475 e. The summed E-state index contributed by atoms with van der Waals surface area (Å²) in [5.41, 5.74) is 1.78. The van der Waals surface area contributed by atoms with Crippen LogP contribution >= 0.6 is 0 Å². The fraction of sp³-hybridized carbons (Fsp3) is 0.333. The van der Waals surface area contributed by atoms with Crippen molar-refractivity contribution < 1.29 is 28.0 Å². The molecule has 1 aliphatic rings. The highest BCUT2D eigenvalue weighted by Gasteiger charge is 2.35. The molecule has 1 saturated carbocycles. The Balaban J connectivity index is 1.53. The van der Waals surface area contributed by atoms with E-state index in [2.05, 4.69) is 10.3 Å². The molecular weight excluding hydrogens is 491 g/mol. The van der Waals surface area contributed by atoms with Crippen LogP contribution in [0, 0.1) is 18.8 Å². The smallest absolute Gasteiger partial charge is 0.439 e. The SMILES string of the molecule is Cc1ccc(Oc2cccc(S(=O)(=O)C[C@@H](Cc3ccccc3)C(=O)N[C@@H](CC3CC3)B(O)O)c2)nc1. The first-order valence-electron chi connectivity index (χ1n) is 12.3. The molecule has 1 heterocycles. The number of sulfone groups is 1. The molecule has 1 amide bonds. The number of rotatable bonds is 12. The topological polar surface area (TPSA) is 126 Å². The number of ether oxygens (including phenoxy) is 1. The third-order valence-corrected chi connectivity index (χ3v) is 8.17. The highest BCUT2D eigenvalue weighted by molar-refractivity contribution is 7.91. The van der Waals surface area contributed by atoms with E-state index in [-0.39, 0.29) is 11.3 Å². The van der Waals surface area contributed by atoms with Gasteiger partial charge in [-0.15, -0.1) is 0 Å². The molecule has 0 saturated heterocycles. The van der Waals surface area contributed by atoms with Crippen molar-refractivity contribution in [2.45, 2.75) is 43.4 Å². The van der Waals surface area contributed by atoms with Gasteiger partial charge in [0, 0.05) is 12.3 Å². The van der Waals surface area contributed by atoms with Gasteiger partial charge in [0.2, 0.25) is 11.8 Å². The van der Waals surface area contributed by atoms with Crippen LogP contribution in [-0.2, 0) is 21.1 Å². The maximum atomic E-state index is 13.4. The molecule has 10 heteroatoms. The quantitative estimate of drug-likeness (QED) is 0.312. The summed E-state index contributed by atoms with van der Waals surface area (Å²) in [6.07, 6.45) is 4.26. The van der Waals surface area contributed by atoms with Gasteiger partial charge in [-0.05, 0) is 55.0 Å². The normalized spacial score (nSPS) is 15.0. The second kappa shape index (κ2) is 11.9. The van der Waals surface area contributed by atoms with Gasteiger partial charge in [-0.3, -0.25) is 4.79 Å². The van der Waals surface area contributed by atoms with Crippen LogP contribution in [-0.4, -0.2) is 48.2 Å². The number of aromatic nitrogens is 1. The van der Waals surface area contributed by atoms with E-state index in [9.17, 15) is 23.3 Å². The Morgan fingerprint density at radius 3 is 2.51 bits per heavy atom. The van der Waals surface area contributed by atoms with E-state index < -0.39 is 40.5 Å². The molecule has 1 aliphatic carbocycles. The van der Waals surface area contributed by atoms with Gasteiger partial charge >= 0.3 is 7.12 Å². The molecule has 0 bridgehead atoms. The van der Waals surface area contributed by atoms with Crippen molar-refractivity contribution in [3.05, 3.63) is 84.1 Å². The summed E-state index contributed by atoms with van der Waals surface area (Å²) < 4.78 is 32.6. The summed E-state index contributed by atoms with van der Waals surface area (Å²) in [5.74, 6) is -1.76. The predicted molar refractivity (Wildman–Crippen MR) is 141 cm³/mol. The molecule has 194 valence electrons. The van der Waals surface area contributed by atoms with Gasteiger partial charge < -0.3 is 20.1 Å². The molecule has 3 N–H and O–H groups in total. The minimum Gasteiger partial charge on any atom is -0.439 e. The number of pyridine rings is 1. The Hall–Kier alpha value is -3.21. The predicted octanol–water partition coefficient (Wildman–Crippen LogP) is 3.11. The molecule has 4 rings (SSSR count). The van der Waals surface area contributed by atoms with Gasteiger partial charge in [-0.25, -0.2) is 13.4 Å². The van der Waals surface area contributed by atoms with Crippen LogP contribution in [0.3, 0.4) is 0 Å². The summed E-state index contributed by atoms with van der Waals surface area (Å²) >= 11 is 0. The number of nitrogens with zero attached hydrogens (tertiary/aromatic N) is 1. The molecular formula is C27H31BN2O6S. The minimum atomic E-state index is -3.90. The van der Waals surface area contributed by atoms with Crippen molar-refractivity contribution in [2.24, 2.45) is 11.8 Å². The molecule has 37 heavy (non-hydrogen) atoms. The molecule has 1 aromatic heterocycles. The molecule has 0 unspecified atom stereocenters. The molecule has 3 aromatic rings. The fourth-order valence-electron chi connectivity index (χ4n) is 4.12. The monoisotopic (exact) mass is 522 g/mol. The van der Waals surface area contributed by atoms with Crippen molar-refractivity contribution in [1.82, 2.24) is 10.3 Å². The number of hydrogen-bond donors (Lipinski definition) is 3. The van der Waals surface area contributed by atoms with E-state index >= 15 is 0 Å². The summed E-state index contributed by atoms with van der Waals surface area (Å²) in [5, 5.41) is 22.3. The lowest BCUT2D eigenvalue weighted by molar-refractivity contribution is -0.124. The third kappa shape index (κ3) is 7.89. The molecule has 0 aliphatic heterocycles. The maximum absolute atomic E-state index is 13.4. The summed E-state index contributed by atoms with van der Waals surface area (Å²) in [6, 6.07) is 18.8. The lowest BCUT2D eigenvalue weighted by atomic mass is 9.76. The first kappa shape index (κ1) is 26.8. The first-order chi connectivity index (χ1) is 17.7. The average Bonchev–Trinajstić information content (AvgIpc) is 3.69. The molecule has 8 nitrogen and oxygen atoms in total. The average molecular weight is 522 g/mol. The van der Waals surface area contributed by atoms with Gasteiger partial charge in [0.05, 0.1) is 22.5 Å². The standard InChI is InChI=1S/C27H31BN2O6S/c1-19-10-13-26(29-17-19)36-23-8-5-9-24(16-23)37(34,35)18-22(14-20-6-3-2-4-7-20)27(31)30-25(28(32)33)15-21-11-12-21/h2-10,13,16-17,21-22,25,32-33H,11-12,14-15,18H2,1H3,(H,30,31)/t22-,25+/m1/s1. The molecule has 1 fully saturated rings. The van der Waals surface area contributed by atoms with Crippen LogP contribution < -0.4 is 10.1 Å². The second-order valence-corrected chi connectivity index (χ2v) is 11.7. The van der Waals surface area contributed by atoms with E-state index in [1.807, 2.05) is 43.3 Å². The zero-order valence-corrected chi connectivity index (χ0v) is 21.5. The van der Waals surface area contributed by atoms with Crippen molar-refractivity contribution in [2.75, 3.05) is 5.75 Å². The van der Waals surface area contributed by atoms with Crippen LogP contribution in [0.4, 0.5) is 0 Å². The lowest BCUT2D eigenvalue weighted by Crippen LogP contribution is -2.50. The second-order valence-electron chi connectivity index (χ2n) is 9.63. The number of amides is 1. The van der Waals surface area contributed by atoms with Crippen molar-refractivity contribution in [3.63, 3.8) is 0 Å². The Labute approximate surface area is 217 Å². The highest BCUT2D eigenvalue weighted by Crippen LogP contribution is 2.34. The number of aryl methyl sites for hydroxylation is 1. The van der Waals surface area contributed by atoms with E-state index in [0.717, 1.165) is 24.0 Å². The number of hydrogen-bond acceptors (Lipinski definition) is 7. The van der Waals surface area contributed by atoms with E-state index in [1.54, 1.807) is 24.4 Å². The van der Waals surface area contributed by atoms with Crippen LogP contribution in [0.15, 0.2) is 77.8 Å². The zero-order chi connectivity index (χ0) is 26.4. The van der Waals surface area contributed by atoms with Crippen molar-refractivity contribution in [3.8, 4) is 11.6 Å². The lowest BCUT2D eigenvalue weighted by Gasteiger charge is -2.22. The summed E-state index contributed by atoms with van der Waals surface area (Å²) in [6.45, 7) is 1.90. The highest BCUT2D eigenvalue weighted by atomic mass is 32.2. The Morgan fingerprint density at radius 2 is 1.86 bits per heavy atom. The number of benzene rings is 2. The van der Waals surface area contributed by atoms with E-state index in [1.165, 1.54) is 12.1 Å². The van der Waals surface area contributed by atoms with E-state index in [0.29, 0.717) is 24.0 Å².